The third-order valence-corrected chi connectivity index (χ3v) is 2.53. The molecule has 4 nitrogen and oxygen atoms in total. The van der Waals surface area contributed by atoms with Gasteiger partial charge in [-0.2, -0.15) is 18.4 Å². The van der Waals surface area contributed by atoms with Gasteiger partial charge in [0, 0.05) is 13.6 Å². The second-order valence-corrected chi connectivity index (χ2v) is 4.01. The molecule has 7 heteroatoms. The molecule has 0 atom stereocenters. The lowest BCUT2D eigenvalue weighted by Gasteiger charge is -2.17. The van der Waals surface area contributed by atoms with Gasteiger partial charge in [0.1, 0.15) is 5.75 Å². The second kappa shape index (κ2) is 6.80. The number of likely N-dealkylation sites (N-methyl/N-ethyl adjacent to an activating group) is 1. The molecule has 0 fully saturated rings. The number of carbonyl (C=O) groups is 1. The SMILES string of the molecule is CN(CCC#N)C(=O)COc1ccccc1C(F)(F)F. The Labute approximate surface area is 114 Å². The molecule has 0 N–H and O–H groups in total. The van der Waals surface area contributed by atoms with Crippen LogP contribution in [0, 0.1) is 11.3 Å². The summed E-state index contributed by atoms with van der Waals surface area (Å²) in [6, 6.07) is 6.56. The first-order chi connectivity index (χ1) is 9.36. The summed E-state index contributed by atoms with van der Waals surface area (Å²) in [6.45, 7) is -0.297. The number of nitrogens with zero attached hydrogens (tertiary/aromatic N) is 2. The number of rotatable bonds is 5. The molecule has 1 amide bonds. The number of para-hydroxylation sites is 1. The molecular formula is C13H13F3N2O2. The lowest BCUT2D eigenvalue weighted by atomic mass is 10.2. The first-order valence-electron chi connectivity index (χ1n) is 5.76. The van der Waals surface area contributed by atoms with Gasteiger partial charge >= 0.3 is 6.18 Å². The van der Waals surface area contributed by atoms with Crippen LogP contribution in [0.15, 0.2) is 24.3 Å². The maximum Gasteiger partial charge on any atom is 0.419 e. The van der Waals surface area contributed by atoms with E-state index >= 15 is 0 Å². The molecule has 1 rings (SSSR count). The predicted octanol–water partition coefficient (Wildman–Crippen LogP) is 2.46. The Bertz CT molecular complexity index is 509. The number of carbonyl (C=O) groups excluding carboxylic acids is 1. The van der Waals surface area contributed by atoms with Gasteiger partial charge in [0.2, 0.25) is 0 Å². The zero-order chi connectivity index (χ0) is 15.2. The van der Waals surface area contributed by atoms with Crippen molar-refractivity contribution in [2.75, 3.05) is 20.2 Å². The smallest absolute Gasteiger partial charge is 0.419 e. The van der Waals surface area contributed by atoms with Crippen molar-refractivity contribution < 1.29 is 22.7 Å². The van der Waals surface area contributed by atoms with E-state index in [1.54, 1.807) is 0 Å². The van der Waals surface area contributed by atoms with Gasteiger partial charge in [0.25, 0.3) is 5.91 Å². The predicted molar refractivity (Wildman–Crippen MR) is 64.8 cm³/mol. The van der Waals surface area contributed by atoms with Crippen LogP contribution >= 0.6 is 0 Å². The van der Waals surface area contributed by atoms with Gasteiger partial charge in [-0.3, -0.25) is 4.79 Å². The van der Waals surface area contributed by atoms with Crippen molar-refractivity contribution in [3.05, 3.63) is 29.8 Å². The third kappa shape index (κ3) is 4.46. The molecule has 108 valence electrons. The molecule has 1 aromatic carbocycles. The van der Waals surface area contributed by atoms with Crippen LogP contribution in [-0.2, 0) is 11.0 Å². The molecule has 0 saturated carbocycles. The minimum Gasteiger partial charge on any atom is -0.483 e. The summed E-state index contributed by atoms with van der Waals surface area (Å²) < 4.78 is 43.0. The molecule has 0 radical (unpaired) electrons. The maximum atomic E-state index is 12.7. The van der Waals surface area contributed by atoms with E-state index in [1.165, 1.54) is 24.1 Å². The van der Waals surface area contributed by atoms with E-state index in [0.717, 1.165) is 12.1 Å². The van der Waals surface area contributed by atoms with Gasteiger partial charge in [0.05, 0.1) is 18.1 Å². The van der Waals surface area contributed by atoms with Crippen molar-refractivity contribution in [1.82, 2.24) is 4.90 Å². The van der Waals surface area contributed by atoms with Crippen molar-refractivity contribution in [1.29, 1.82) is 5.26 Å². The van der Waals surface area contributed by atoms with Crippen molar-refractivity contribution in [2.24, 2.45) is 0 Å². The number of amides is 1. The fourth-order valence-corrected chi connectivity index (χ4v) is 1.42. The van der Waals surface area contributed by atoms with Gasteiger partial charge < -0.3 is 9.64 Å². The molecule has 0 aromatic heterocycles. The van der Waals surface area contributed by atoms with Crippen molar-refractivity contribution in [3.8, 4) is 11.8 Å². The molecule has 0 heterocycles. The van der Waals surface area contributed by atoms with Crippen LogP contribution in [0.25, 0.3) is 0 Å². The number of alkyl halides is 3. The van der Waals surface area contributed by atoms with Gasteiger partial charge in [-0.25, -0.2) is 0 Å². The van der Waals surface area contributed by atoms with Crippen LogP contribution in [0.1, 0.15) is 12.0 Å². The third-order valence-electron chi connectivity index (χ3n) is 2.53. The summed E-state index contributed by atoms with van der Waals surface area (Å²) in [5, 5.41) is 8.39. The number of hydrogen-bond acceptors (Lipinski definition) is 3. The lowest BCUT2D eigenvalue weighted by Crippen LogP contribution is -2.32. The van der Waals surface area contributed by atoms with Crippen LogP contribution in [0.4, 0.5) is 13.2 Å². The summed E-state index contributed by atoms with van der Waals surface area (Å²) in [6.07, 6.45) is -4.38. The molecule has 0 spiro atoms. The van der Waals surface area contributed by atoms with E-state index in [-0.39, 0.29) is 18.7 Å². The average molecular weight is 286 g/mol. The summed E-state index contributed by atoms with van der Waals surface area (Å²) in [7, 11) is 1.46. The van der Waals surface area contributed by atoms with Crippen molar-refractivity contribution >= 4 is 5.91 Å². The zero-order valence-electron chi connectivity index (χ0n) is 10.8. The Hall–Kier alpha value is -2.23. The van der Waals surface area contributed by atoms with Crippen LogP contribution in [0.5, 0.6) is 5.75 Å². The Morgan fingerprint density at radius 2 is 2.05 bits per heavy atom. The molecular weight excluding hydrogens is 273 g/mol. The fraction of sp³-hybridized carbons (Fsp3) is 0.385. The normalized spacial score (nSPS) is 10.8. The van der Waals surface area contributed by atoms with Gasteiger partial charge in [0.15, 0.2) is 6.61 Å². The van der Waals surface area contributed by atoms with E-state index in [4.69, 9.17) is 10.00 Å². The minimum absolute atomic E-state index is 0.154. The summed E-state index contributed by atoms with van der Waals surface area (Å²) in [4.78, 5) is 12.8. The highest BCUT2D eigenvalue weighted by Gasteiger charge is 2.34. The van der Waals surface area contributed by atoms with Crippen molar-refractivity contribution in [3.63, 3.8) is 0 Å². The van der Waals surface area contributed by atoms with Crippen LogP contribution in [-0.4, -0.2) is 31.0 Å². The molecule has 0 saturated heterocycles. The molecule has 0 aliphatic rings. The average Bonchev–Trinajstić information content (AvgIpc) is 2.41. The first-order valence-corrected chi connectivity index (χ1v) is 5.76. The van der Waals surface area contributed by atoms with Gasteiger partial charge in [-0.05, 0) is 12.1 Å². The number of hydrogen-bond donors (Lipinski definition) is 0. The highest BCUT2D eigenvalue weighted by molar-refractivity contribution is 5.77. The number of ether oxygens (including phenoxy) is 1. The standard InChI is InChI=1S/C13H13F3N2O2/c1-18(8-4-7-17)12(19)9-20-11-6-3-2-5-10(11)13(14,15)16/h2-3,5-6H,4,8-9H2,1H3. The van der Waals surface area contributed by atoms with Crippen LogP contribution in [0.3, 0.4) is 0 Å². The minimum atomic E-state index is -4.54. The Balaban J connectivity index is 2.67. The molecule has 0 unspecified atom stereocenters. The van der Waals surface area contributed by atoms with Gasteiger partial charge in [-0.15, -0.1) is 0 Å². The van der Waals surface area contributed by atoms with E-state index < -0.39 is 24.3 Å². The Kier molecular flexibility index (Phi) is 5.38. The molecule has 20 heavy (non-hydrogen) atoms. The number of nitriles is 1. The van der Waals surface area contributed by atoms with Gasteiger partial charge in [-0.1, -0.05) is 12.1 Å². The van der Waals surface area contributed by atoms with Crippen LogP contribution in [0.2, 0.25) is 0 Å². The first kappa shape index (κ1) is 15.8. The number of benzene rings is 1. The lowest BCUT2D eigenvalue weighted by molar-refractivity contribution is -0.140. The molecule has 1 aromatic rings. The van der Waals surface area contributed by atoms with E-state index in [2.05, 4.69) is 0 Å². The summed E-state index contributed by atoms with van der Waals surface area (Å²) >= 11 is 0. The van der Waals surface area contributed by atoms with E-state index in [1.807, 2.05) is 6.07 Å². The maximum absolute atomic E-state index is 12.7. The molecule has 0 bridgehead atoms. The quantitative estimate of drug-likeness (QED) is 0.835. The summed E-state index contributed by atoms with van der Waals surface area (Å²) in [5.74, 6) is -0.876. The van der Waals surface area contributed by atoms with Crippen LogP contribution < -0.4 is 4.74 Å². The number of halogens is 3. The monoisotopic (exact) mass is 286 g/mol. The summed E-state index contributed by atoms with van der Waals surface area (Å²) in [5.41, 5.74) is -0.924. The zero-order valence-corrected chi connectivity index (χ0v) is 10.8. The highest BCUT2D eigenvalue weighted by atomic mass is 19.4. The Morgan fingerprint density at radius 3 is 2.65 bits per heavy atom. The Morgan fingerprint density at radius 1 is 1.40 bits per heavy atom. The fourth-order valence-electron chi connectivity index (χ4n) is 1.42. The molecule has 0 aliphatic heterocycles. The second-order valence-electron chi connectivity index (χ2n) is 4.01. The van der Waals surface area contributed by atoms with E-state index in [9.17, 15) is 18.0 Å². The molecule has 0 aliphatic carbocycles. The topological polar surface area (TPSA) is 53.3 Å². The van der Waals surface area contributed by atoms with Crippen molar-refractivity contribution in [2.45, 2.75) is 12.6 Å². The highest BCUT2D eigenvalue weighted by Crippen LogP contribution is 2.35. The largest absolute Gasteiger partial charge is 0.483 e. The van der Waals surface area contributed by atoms with E-state index in [0.29, 0.717) is 0 Å².